The zero-order valence-corrected chi connectivity index (χ0v) is 12.7. The molecule has 21 heavy (non-hydrogen) atoms. The monoisotopic (exact) mass is 303 g/mol. The van der Waals surface area contributed by atoms with Crippen LogP contribution in [0.15, 0.2) is 30.3 Å². The highest BCUT2D eigenvalue weighted by Crippen LogP contribution is 2.34. The summed E-state index contributed by atoms with van der Waals surface area (Å²) in [6.07, 6.45) is 4.91. The molecule has 0 atom stereocenters. The van der Waals surface area contributed by atoms with Crippen LogP contribution in [0, 0.1) is 0 Å². The van der Waals surface area contributed by atoms with Crippen LogP contribution >= 0.6 is 11.6 Å². The molecule has 110 valence electrons. The van der Waals surface area contributed by atoms with Gasteiger partial charge in [0.2, 0.25) is 0 Å². The molecule has 0 bridgehead atoms. The Kier molecular flexibility index (Phi) is 3.97. The number of nitrogens with zero attached hydrogens (tertiary/aromatic N) is 2. The molecule has 0 unspecified atom stereocenters. The highest BCUT2D eigenvalue weighted by atomic mass is 35.5. The van der Waals surface area contributed by atoms with Gasteiger partial charge < -0.3 is 5.32 Å². The molecule has 1 aromatic carbocycles. The summed E-state index contributed by atoms with van der Waals surface area (Å²) in [4.78, 5) is 12.3. The minimum absolute atomic E-state index is 0.207. The number of hydrogen-bond donors (Lipinski definition) is 1. The van der Waals surface area contributed by atoms with E-state index < -0.39 is 0 Å². The molecule has 1 N–H and O–H groups in total. The molecule has 1 heterocycles. The Bertz CT molecular complexity index is 659. The molecule has 1 fully saturated rings. The highest BCUT2D eigenvalue weighted by molar-refractivity contribution is 6.34. The van der Waals surface area contributed by atoms with Gasteiger partial charge in [0.25, 0.3) is 5.91 Å². The van der Waals surface area contributed by atoms with Gasteiger partial charge in [-0.3, -0.25) is 9.48 Å². The molecule has 1 amide bonds. The fourth-order valence-electron chi connectivity index (χ4n) is 2.86. The molecule has 1 aliphatic rings. The Hall–Kier alpha value is -1.81. The molecular weight excluding hydrogens is 286 g/mol. The lowest BCUT2D eigenvalue weighted by molar-refractivity contribution is 0.102. The Balaban J connectivity index is 1.78. The van der Waals surface area contributed by atoms with Gasteiger partial charge in [-0.2, -0.15) is 5.10 Å². The van der Waals surface area contributed by atoms with Crippen LogP contribution < -0.4 is 5.32 Å². The van der Waals surface area contributed by atoms with E-state index in [4.69, 9.17) is 11.6 Å². The van der Waals surface area contributed by atoms with Crippen molar-refractivity contribution in [2.45, 2.75) is 31.6 Å². The quantitative estimate of drug-likeness (QED) is 0.932. The predicted molar refractivity (Wildman–Crippen MR) is 83.8 cm³/mol. The molecule has 1 aromatic heterocycles. The van der Waals surface area contributed by atoms with E-state index in [1.54, 1.807) is 28.9 Å². The first-order chi connectivity index (χ1) is 10.1. The number of rotatable bonds is 3. The van der Waals surface area contributed by atoms with Crippen molar-refractivity contribution in [2.24, 2.45) is 7.05 Å². The summed E-state index contributed by atoms with van der Waals surface area (Å²) in [6.45, 7) is 0. The first-order valence-corrected chi connectivity index (χ1v) is 7.63. The Morgan fingerprint density at radius 2 is 2.05 bits per heavy atom. The van der Waals surface area contributed by atoms with Gasteiger partial charge in [0.1, 0.15) is 5.82 Å². The van der Waals surface area contributed by atoms with E-state index >= 15 is 0 Å². The summed E-state index contributed by atoms with van der Waals surface area (Å²) in [5.41, 5.74) is 1.55. The number of nitrogens with one attached hydrogen (secondary N) is 1. The lowest BCUT2D eigenvalue weighted by Gasteiger charge is -2.06. The predicted octanol–water partition coefficient (Wildman–Crippen LogP) is 3.98. The van der Waals surface area contributed by atoms with Crippen LogP contribution in [-0.2, 0) is 7.05 Å². The van der Waals surface area contributed by atoms with Crippen LogP contribution in [-0.4, -0.2) is 15.7 Å². The number of anilines is 1. The molecule has 3 rings (SSSR count). The lowest BCUT2D eigenvalue weighted by Crippen LogP contribution is -2.14. The van der Waals surface area contributed by atoms with Crippen molar-refractivity contribution in [1.82, 2.24) is 9.78 Å². The van der Waals surface area contributed by atoms with E-state index in [0.29, 0.717) is 22.3 Å². The summed E-state index contributed by atoms with van der Waals surface area (Å²) in [5.74, 6) is 1.03. The topological polar surface area (TPSA) is 46.9 Å². The maximum atomic E-state index is 12.3. The fourth-order valence-corrected chi connectivity index (χ4v) is 3.08. The van der Waals surface area contributed by atoms with Crippen LogP contribution in [0.3, 0.4) is 0 Å². The number of hydrogen-bond acceptors (Lipinski definition) is 2. The largest absolute Gasteiger partial charge is 0.307 e. The van der Waals surface area contributed by atoms with Crippen LogP contribution in [0.5, 0.6) is 0 Å². The van der Waals surface area contributed by atoms with E-state index in [9.17, 15) is 4.79 Å². The number of amides is 1. The molecule has 0 aliphatic heterocycles. The van der Waals surface area contributed by atoms with Crippen molar-refractivity contribution in [2.75, 3.05) is 5.32 Å². The van der Waals surface area contributed by atoms with Gasteiger partial charge in [-0.15, -0.1) is 0 Å². The third-order valence-corrected chi connectivity index (χ3v) is 4.36. The number of aromatic nitrogens is 2. The SMILES string of the molecule is Cn1nc(C2CCCC2)cc1NC(=O)c1ccccc1Cl. The molecule has 0 spiro atoms. The first-order valence-electron chi connectivity index (χ1n) is 7.25. The van der Waals surface area contributed by atoms with Gasteiger partial charge in [-0.1, -0.05) is 36.6 Å². The van der Waals surface area contributed by atoms with E-state index in [1.807, 2.05) is 13.1 Å². The summed E-state index contributed by atoms with van der Waals surface area (Å²) in [6, 6.07) is 9.01. The smallest absolute Gasteiger partial charge is 0.258 e. The summed E-state index contributed by atoms with van der Waals surface area (Å²) in [5, 5.41) is 7.87. The maximum absolute atomic E-state index is 12.3. The summed E-state index contributed by atoms with van der Waals surface area (Å²) in [7, 11) is 1.85. The van der Waals surface area contributed by atoms with E-state index in [-0.39, 0.29) is 5.91 Å². The van der Waals surface area contributed by atoms with E-state index in [2.05, 4.69) is 10.4 Å². The molecule has 2 aromatic rings. The van der Waals surface area contributed by atoms with Crippen LogP contribution in [0.25, 0.3) is 0 Å². The second kappa shape index (κ2) is 5.90. The lowest BCUT2D eigenvalue weighted by atomic mass is 10.0. The Labute approximate surface area is 129 Å². The molecule has 5 heteroatoms. The van der Waals surface area contributed by atoms with Gasteiger partial charge in [0.05, 0.1) is 16.3 Å². The minimum atomic E-state index is -0.207. The fraction of sp³-hybridized carbons (Fsp3) is 0.375. The first kappa shape index (κ1) is 14.1. The zero-order chi connectivity index (χ0) is 14.8. The number of carbonyl (C=O) groups is 1. The zero-order valence-electron chi connectivity index (χ0n) is 12.0. The van der Waals surface area contributed by atoms with Gasteiger partial charge in [-0.25, -0.2) is 0 Å². The van der Waals surface area contributed by atoms with Crippen molar-refractivity contribution < 1.29 is 4.79 Å². The standard InChI is InChI=1S/C16H18ClN3O/c1-20-15(10-14(19-20)11-6-2-3-7-11)18-16(21)12-8-4-5-9-13(12)17/h4-5,8-11H,2-3,6-7H2,1H3,(H,18,21). The number of halogens is 1. The molecule has 1 saturated carbocycles. The van der Waals surface area contributed by atoms with Gasteiger partial charge >= 0.3 is 0 Å². The van der Waals surface area contributed by atoms with Gasteiger partial charge in [-0.05, 0) is 25.0 Å². The van der Waals surface area contributed by atoms with E-state index in [0.717, 1.165) is 5.69 Å². The maximum Gasteiger partial charge on any atom is 0.258 e. The third kappa shape index (κ3) is 2.95. The molecule has 0 radical (unpaired) electrons. The van der Waals surface area contributed by atoms with Crippen LogP contribution in [0.1, 0.15) is 47.7 Å². The highest BCUT2D eigenvalue weighted by Gasteiger charge is 2.21. The average Bonchev–Trinajstić information content (AvgIpc) is 3.10. The second-order valence-electron chi connectivity index (χ2n) is 5.49. The molecule has 4 nitrogen and oxygen atoms in total. The second-order valence-corrected chi connectivity index (χ2v) is 5.90. The molecule has 1 aliphatic carbocycles. The van der Waals surface area contributed by atoms with Crippen molar-refractivity contribution in [1.29, 1.82) is 0 Å². The normalized spacial score (nSPS) is 15.3. The minimum Gasteiger partial charge on any atom is -0.307 e. The van der Waals surface area contributed by atoms with Crippen molar-refractivity contribution >= 4 is 23.3 Å². The van der Waals surface area contributed by atoms with Gasteiger partial charge in [0, 0.05) is 19.0 Å². The van der Waals surface area contributed by atoms with Crippen molar-refractivity contribution in [3.63, 3.8) is 0 Å². The number of aryl methyl sites for hydroxylation is 1. The van der Waals surface area contributed by atoms with E-state index in [1.165, 1.54) is 25.7 Å². The van der Waals surface area contributed by atoms with Crippen LogP contribution in [0.2, 0.25) is 5.02 Å². The summed E-state index contributed by atoms with van der Waals surface area (Å²) >= 11 is 6.05. The third-order valence-electron chi connectivity index (χ3n) is 4.03. The Morgan fingerprint density at radius 3 is 2.76 bits per heavy atom. The van der Waals surface area contributed by atoms with Gasteiger partial charge in [0.15, 0.2) is 0 Å². The Morgan fingerprint density at radius 1 is 1.33 bits per heavy atom. The van der Waals surface area contributed by atoms with Crippen LogP contribution in [0.4, 0.5) is 5.82 Å². The van der Waals surface area contributed by atoms with Crippen molar-refractivity contribution in [3.8, 4) is 0 Å². The average molecular weight is 304 g/mol. The van der Waals surface area contributed by atoms with Crippen molar-refractivity contribution in [3.05, 3.63) is 46.6 Å². The molecule has 0 saturated heterocycles. The summed E-state index contributed by atoms with van der Waals surface area (Å²) < 4.78 is 1.72. The molecular formula is C16H18ClN3O. The number of benzene rings is 1. The number of carbonyl (C=O) groups excluding carboxylic acids is 1.